The molecule has 3 heteroatoms. The van der Waals surface area contributed by atoms with Gasteiger partial charge in [0, 0.05) is 6.54 Å². The maximum Gasteiger partial charge on any atom is 0.269 e. The Hall–Kier alpha value is -0.830. The van der Waals surface area contributed by atoms with Gasteiger partial charge < -0.3 is 0 Å². The van der Waals surface area contributed by atoms with Crippen LogP contribution in [0.1, 0.15) is 13.3 Å². The molecule has 58 valence electrons. The van der Waals surface area contributed by atoms with E-state index in [2.05, 4.69) is 6.58 Å². The van der Waals surface area contributed by atoms with E-state index in [0.717, 1.165) is 6.42 Å². The van der Waals surface area contributed by atoms with Gasteiger partial charge in [-0.05, 0) is 12.5 Å². The molecule has 0 unspecified atom stereocenters. The molecule has 0 saturated heterocycles. The van der Waals surface area contributed by atoms with Crippen molar-refractivity contribution in [2.45, 2.75) is 13.3 Å². The molecule has 0 aliphatic heterocycles. The first-order valence-electron chi connectivity index (χ1n) is 3.24. The Morgan fingerprint density at radius 3 is 2.70 bits per heavy atom. The van der Waals surface area contributed by atoms with Crippen LogP contribution in [0.5, 0.6) is 0 Å². The largest absolute Gasteiger partial charge is 0.274 e. The number of hydroxylamine groups is 2. The molecule has 0 bridgehead atoms. The summed E-state index contributed by atoms with van der Waals surface area (Å²) in [5, 5.41) is 1.27. The Balaban J connectivity index is 3.79. The van der Waals surface area contributed by atoms with Crippen LogP contribution in [0.4, 0.5) is 0 Å². The Morgan fingerprint density at radius 1 is 1.80 bits per heavy atom. The standard InChI is InChI=1S/C7H13NO2/c1-4-6-8(10-3)7(9)5-2/h5H,2,4,6H2,1,3H3. The highest BCUT2D eigenvalue weighted by Gasteiger charge is 2.05. The van der Waals surface area contributed by atoms with E-state index in [-0.39, 0.29) is 5.91 Å². The predicted octanol–water partition coefficient (Wildman–Crippen LogP) is 0.972. The summed E-state index contributed by atoms with van der Waals surface area (Å²) in [7, 11) is 1.47. The van der Waals surface area contributed by atoms with Gasteiger partial charge >= 0.3 is 0 Å². The van der Waals surface area contributed by atoms with Crippen molar-refractivity contribution in [3.05, 3.63) is 12.7 Å². The number of carbonyl (C=O) groups excluding carboxylic acids is 1. The molecule has 0 atom stereocenters. The van der Waals surface area contributed by atoms with Gasteiger partial charge in [0.15, 0.2) is 0 Å². The summed E-state index contributed by atoms with van der Waals surface area (Å²) < 4.78 is 0. The summed E-state index contributed by atoms with van der Waals surface area (Å²) in [6.07, 6.45) is 2.12. The third kappa shape index (κ3) is 2.64. The smallest absolute Gasteiger partial charge is 0.269 e. The van der Waals surface area contributed by atoms with Gasteiger partial charge in [-0.25, -0.2) is 5.06 Å². The molecule has 10 heavy (non-hydrogen) atoms. The first kappa shape index (κ1) is 9.17. The molecule has 0 spiro atoms. The van der Waals surface area contributed by atoms with Crippen LogP contribution in [0, 0.1) is 0 Å². The van der Waals surface area contributed by atoms with Gasteiger partial charge in [-0.2, -0.15) is 0 Å². The van der Waals surface area contributed by atoms with Crippen LogP contribution in [-0.4, -0.2) is 24.6 Å². The Morgan fingerprint density at radius 2 is 2.40 bits per heavy atom. The zero-order valence-electron chi connectivity index (χ0n) is 6.46. The molecule has 3 nitrogen and oxygen atoms in total. The first-order valence-corrected chi connectivity index (χ1v) is 3.24. The minimum absolute atomic E-state index is 0.190. The SMILES string of the molecule is C=CC(=O)N(CCC)OC. The maximum absolute atomic E-state index is 10.8. The van der Waals surface area contributed by atoms with Crippen LogP contribution >= 0.6 is 0 Å². The van der Waals surface area contributed by atoms with Crippen molar-refractivity contribution in [1.82, 2.24) is 5.06 Å². The van der Waals surface area contributed by atoms with Crippen molar-refractivity contribution in [2.24, 2.45) is 0 Å². The van der Waals surface area contributed by atoms with Crippen molar-refractivity contribution >= 4 is 5.91 Å². The number of carbonyl (C=O) groups is 1. The predicted molar refractivity (Wildman–Crippen MR) is 39.2 cm³/mol. The van der Waals surface area contributed by atoms with Gasteiger partial charge in [0.2, 0.25) is 0 Å². The van der Waals surface area contributed by atoms with E-state index in [9.17, 15) is 4.79 Å². The summed E-state index contributed by atoms with van der Waals surface area (Å²) in [5.41, 5.74) is 0. The summed E-state index contributed by atoms with van der Waals surface area (Å²) >= 11 is 0. The zero-order chi connectivity index (χ0) is 7.98. The normalized spacial score (nSPS) is 9.00. The molecule has 0 N–H and O–H groups in total. The lowest BCUT2D eigenvalue weighted by Gasteiger charge is -2.15. The van der Waals surface area contributed by atoms with Crippen molar-refractivity contribution in [3.8, 4) is 0 Å². The summed E-state index contributed by atoms with van der Waals surface area (Å²) in [6, 6.07) is 0. The van der Waals surface area contributed by atoms with Crippen LogP contribution < -0.4 is 0 Å². The fourth-order valence-corrected chi connectivity index (χ4v) is 0.596. The lowest BCUT2D eigenvalue weighted by molar-refractivity contribution is -0.170. The van der Waals surface area contributed by atoms with E-state index in [1.54, 1.807) is 0 Å². The third-order valence-electron chi connectivity index (χ3n) is 1.07. The molecule has 0 radical (unpaired) electrons. The molecule has 0 heterocycles. The van der Waals surface area contributed by atoms with Crippen molar-refractivity contribution < 1.29 is 9.63 Å². The van der Waals surface area contributed by atoms with Crippen LogP contribution in [0.15, 0.2) is 12.7 Å². The van der Waals surface area contributed by atoms with Crippen LogP contribution in [-0.2, 0) is 9.63 Å². The van der Waals surface area contributed by atoms with E-state index >= 15 is 0 Å². The lowest BCUT2D eigenvalue weighted by atomic mass is 10.4. The second kappa shape index (κ2) is 4.99. The molecule has 0 aromatic carbocycles. The molecule has 0 aliphatic carbocycles. The molecular formula is C7H13NO2. The quantitative estimate of drug-likeness (QED) is 0.433. The highest BCUT2D eigenvalue weighted by Crippen LogP contribution is 1.92. The summed E-state index contributed by atoms with van der Waals surface area (Å²) in [4.78, 5) is 15.6. The van der Waals surface area contributed by atoms with E-state index in [4.69, 9.17) is 4.84 Å². The molecule has 0 fully saturated rings. The summed E-state index contributed by atoms with van der Waals surface area (Å²) in [6.45, 7) is 5.93. The molecule has 0 aromatic rings. The summed E-state index contributed by atoms with van der Waals surface area (Å²) in [5.74, 6) is -0.190. The monoisotopic (exact) mass is 143 g/mol. The second-order valence-corrected chi connectivity index (χ2v) is 1.83. The van der Waals surface area contributed by atoms with Gasteiger partial charge in [-0.3, -0.25) is 9.63 Å². The minimum Gasteiger partial charge on any atom is -0.274 e. The number of hydrogen-bond donors (Lipinski definition) is 0. The average molecular weight is 143 g/mol. The number of nitrogens with zero attached hydrogens (tertiary/aromatic N) is 1. The van der Waals surface area contributed by atoms with Crippen LogP contribution in [0.2, 0.25) is 0 Å². The van der Waals surface area contributed by atoms with Gasteiger partial charge in [0.25, 0.3) is 5.91 Å². The topological polar surface area (TPSA) is 29.5 Å². The Labute approximate surface area is 61.2 Å². The zero-order valence-corrected chi connectivity index (χ0v) is 6.46. The Bertz CT molecular complexity index is 123. The molecule has 0 rings (SSSR count). The lowest BCUT2D eigenvalue weighted by Crippen LogP contribution is -2.28. The minimum atomic E-state index is -0.190. The van der Waals surface area contributed by atoms with E-state index < -0.39 is 0 Å². The first-order chi connectivity index (χ1) is 4.76. The van der Waals surface area contributed by atoms with Gasteiger partial charge in [-0.15, -0.1) is 0 Å². The molecule has 0 aromatic heterocycles. The van der Waals surface area contributed by atoms with Crippen molar-refractivity contribution in [3.63, 3.8) is 0 Å². The van der Waals surface area contributed by atoms with Crippen LogP contribution in [0.25, 0.3) is 0 Å². The second-order valence-electron chi connectivity index (χ2n) is 1.83. The molecular weight excluding hydrogens is 130 g/mol. The fourth-order valence-electron chi connectivity index (χ4n) is 0.596. The Kier molecular flexibility index (Phi) is 4.58. The van der Waals surface area contributed by atoms with E-state index in [1.165, 1.54) is 18.2 Å². The van der Waals surface area contributed by atoms with Crippen LogP contribution in [0.3, 0.4) is 0 Å². The third-order valence-corrected chi connectivity index (χ3v) is 1.07. The van der Waals surface area contributed by atoms with E-state index in [1.807, 2.05) is 6.92 Å². The highest BCUT2D eigenvalue weighted by molar-refractivity contribution is 5.86. The number of rotatable bonds is 4. The molecule has 0 aliphatic rings. The molecule has 1 amide bonds. The van der Waals surface area contributed by atoms with Gasteiger partial charge in [0.05, 0.1) is 7.11 Å². The highest BCUT2D eigenvalue weighted by atomic mass is 16.7. The van der Waals surface area contributed by atoms with Gasteiger partial charge in [0.1, 0.15) is 0 Å². The molecule has 0 saturated carbocycles. The van der Waals surface area contributed by atoms with Crippen molar-refractivity contribution in [1.29, 1.82) is 0 Å². The number of hydrogen-bond acceptors (Lipinski definition) is 2. The fraction of sp³-hybridized carbons (Fsp3) is 0.571. The maximum atomic E-state index is 10.8. The van der Waals surface area contributed by atoms with Gasteiger partial charge in [-0.1, -0.05) is 13.5 Å². The van der Waals surface area contributed by atoms with Crippen molar-refractivity contribution in [2.75, 3.05) is 13.7 Å². The van der Waals surface area contributed by atoms with E-state index in [0.29, 0.717) is 6.54 Å². The average Bonchev–Trinajstić information content (AvgIpc) is 1.99. The number of amides is 1.